The highest BCUT2D eigenvalue weighted by Gasteiger charge is 2.24. The van der Waals surface area contributed by atoms with Gasteiger partial charge in [-0.3, -0.25) is 9.78 Å². The van der Waals surface area contributed by atoms with Gasteiger partial charge in [-0.2, -0.15) is 0 Å². The fraction of sp³-hybridized carbons (Fsp3) is 0.273. The van der Waals surface area contributed by atoms with Crippen LogP contribution in [0.15, 0.2) is 48.7 Å². The lowest BCUT2D eigenvalue weighted by Crippen LogP contribution is -2.33. The molecule has 6 heteroatoms. The molecule has 2 N–H and O–H groups in total. The minimum Gasteiger partial charge on any atom is -0.491 e. The van der Waals surface area contributed by atoms with Crippen LogP contribution in [-0.2, 0) is 6.54 Å². The molecule has 0 bridgehead atoms. The molecule has 1 amide bonds. The van der Waals surface area contributed by atoms with E-state index in [1.54, 1.807) is 17.2 Å². The second-order valence-corrected chi connectivity index (χ2v) is 7.11. The van der Waals surface area contributed by atoms with Crippen molar-refractivity contribution in [2.45, 2.75) is 26.5 Å². The van der Waals surface area contributed by atoms with E-state index in [1.807, 2.05) is 50.2 Å². The Bertz CT molecular complexity index is 998. The van der Waals surface area contributed by atoms with Crippen LogP contribution in [-0.4, -0.2) is 39.0 Å². The van der Waals surface area contributed by atoms with E-state index in [0.717, 1.165) is 28.1 Å². The predicted molar refractivity (Wildman–Crippen MR) is 105 cm³/mol. The maximum atomic E-state index is 13.0. The number of nitrogens with zero attached hydrogens (tertiary/aromatic N) is 2. The molecule has 2 aromatic heterocycles. The number of benzene rings is 1. The maximum absolute atomic E-state index is 13.0. The molecule has 1 aliphatic heterocycles. The summed E-state index contributed by atoms with van der Waals surface area (Å²) in [6.07, 6.45) is 0.832. The van der Waals surface area contributed by atoms with Crippen molar-refractivity contribution in [2.75, 3.05) is 13.2 Å². The summed E-state index contributed by atoms with van der Waals surface area (Å²) in [5, 5.41) is 10.7. The Morgan fingerprint density at radius 3 is 2.82 bits per heavy atom. The van der Waals surface area contributed by atoms with Crippen LogP contribution < -0.4 is 4.74 Å². The number of hydrogen-bond donors (Lipinski definition) is 2. The first-order valence-electron chi connectivity index (χ1n) is 9.33. The van der Waals surface area contributed by atoms with Crippen LogP contribution in [0.5, 0.6) is 5.75 Å². The first-order valence-corrected chi connectivity index (χ1v) is 9.33. The van der Waals surface area contributed by atoms with Gasteiger partial charge in [-0.05, 0) is 55.3 Å². The number of aryl methyl sites for hydroxylation is 2. The van der Waals surface area contributed by atoms with Gasteiger partial charge in [0.1, 0.15) is 24.2 Å². The zero-order valence-electron chi connectivity index (χ0n) is 16.0. The van der Waals surface area contributed by atoms with Gasteiger partial charge >= 0.3 is 0 Å². The summed E-state index contributed by atoms with van der Waals surface area (Å²) < 4.78 is 5.84. The Balaban J connectivity index is 1.62. The van der Waals surface area contributed by atoms with E-state index >= 15 is 0 Å². The Morgan fingerprint density at radius 2 is 2.11 bits per heavy atom. The van der Waals surface area contributed by atoms with E-state index < -0.39 is 6.10 Å². The minimum atomic E-state index is -0.827. The Hall–Kier alpha value is -3.12. The van der Waals surface area contributed by atoms with E-state index in [9.17, 15) is 9.90 Å². The SMILES string of the molecule is Cc1cc(C)c(C(=O)N2CCOc3ccc(C(O)c4ccccn4)cc3C2)[nH]1. The fourth-order valence-electron chi connectivity index (χ4n) is 3.58. The van der Waals surface area contributed by atoms with E-state index in [0.29, 0.717) is 31.1 Å². The normalized spacial score (nSPS) is 14.8. The molecule has 4 rings (SSSR count). The zero-order chi connectivity index (χ0) is 19.7. The van der Waals surface area contributed by atoms with Crippen LogP contribution >= 0.6 is 0 Å². The first kappa shape index (κ1) is 18.3. The molecule has 28 heavy (non-hydrogen) atoms. The summed E-state index contributed by atoms with van der Waals surface area (Å²) in [5.41, 5.74) is 4.70. The summed E-state index contributed by atoms with van der Waals surface area (Å²) in [6, 6.07) is 13.0. The van der Waals surface area contributed by atoms with Gasteiger partial charge in [-0.15, -0.1) is 0 Å². The van der Waals surface area contributed by atoms with Gasteiger partial charge < -0.3 is 19.7 Å². The fourth-order valence-corrected chi connectivity index (χ4v) is 3.58. The van der Waals surface area contributed by atoms with E-state index in [2.05, 4.69) is 9.97 Å². The average molecular weight is 377 g/mol. The lowest BCUT2D eigenvalue weighted by molar-refractivity contribution is 0.0727. The highest BCUT2D eigenvalue weighted by atomic mass is 16.5. The molecule has 0 saturated carbocycles. The lowest BCUT2D eigenvalue weighted by Gasteiger charge is -2.20. The van der Waals surface area contributed by atoms with Crippen LogP contribution in [0, 0.1) is 13.8 Å². The molecule has 3 aromatic rings. The van der Waals surface area contributed by atoms with Crippen molar-refractivity contribution in [3.8, 4) is 5.75 Å². The number of aliphatic hydroxyl groups is 1. The third kappa shape index (κ3) is 3.51. The van der Waals surface area contributed by atoms with Crippen molar-refractivity contribution in [3.05, 3.63) is 82.4 Å². The van der Waals surface area contributed by atoms with Gasteiger partial charge in [0.15, 0.2) is 0 Å². The average Bonchev–Trinajstić information content (AvgIpc) is 2.91. The van der Waals surface area contributed by atoms with Gasteiger partial charge in [-0.25, -0.2) is 0 Å². The van der Waals surface area contributed by atoms with Crippen LogP contribution in [0.4, 0.5) is 0 Å². The van der Waals surface area contributed by atoms with Crippen molar-refractivity contribution in [1.82, 2.24) is 14.9 Å². The van der Waals surface area contributed by atoms with Crippen molar-refractivity contribution < 1.29 is 14.6 Å². The highest BCUT2D eigenvalue weighted by molar-refractivity contribution is 5.94. The van der Waals surface area contributed by atoms with Crippen molar-refractivity contribution in [1.29, 1.82) is 0 Å². The molecule has 0 aliphatic carbocycles. The van der Waals surface area contributed by atoms with Gasteiger partial charge in [0.2, 0.25) is 0 Å². The molecule has 1 unspecified atom stereocenters. The molecule has 1 aromatic carbocycles. The first-order chi connectivity index (χ1) is 13.5. The quantitative estimate of drug-likeness (QED) is 0.735. The molecule has 0 fully saturated rings. The molecular weight excluding hydrogens is 354 g/mol. The summed E-state index contributed by atoms with van der Waals surface area (Å²) in [6.45, 7) is 5.23. The molecule has 6 nitrogen and oxygen atoms in total. The number of H-pyrrole nitrogens is 1. The van der Waals surface area contributed by atoms with Crippen LogP contribution in [0.25, 0.3) is 0 Å². The summed E-state index contributed by atoms with van der Waals surface area (Å²) in [5.74, 6) is 0.699. The molecule has 0 spiro atoms. The summed E-state index contributed by atoms with van der Waals surface area (Å²) >= 11 is 0. The number of hydrogen-bond acceptors (Lipinski definition) is 4. The Morgan fingerprint density at radius 1 is 1.25 bits per heavy atom. The van der Waals surface area contributed by atoms with E-state index in [-0.39, 0.29) is 5.91 Å². The van der Waals surface area contributed by atoms with Crippen molar-refractivity contribution >= 4 is 5.91 Å². The smallest absolute Gasteiger partial charge is 0.270 e. The molecular formula is C22H23N3O3. The number of carbonyl (C=O) groups is 1. The van der Waals surface area contributed by atoms with Crippen molar-refractivity contribution in [3.63, 3.8) is 0 Å². The number of ether oxygens (including phenoxy) is 1. The third-order valence-corrected chi connectivity index (χ3v) is 5.00. The second kappa shape index (κ2) is 7.48. The minimum absolute atomic E-state index is 0.0438. The zero-order valence-corrected chi connectivity index (χ0v) is 16.0. The van der Waals surface area contributed by atoms with Gasteiger partial charge in [0.05, 0.1) is 12.2 Å². The molecule has 3 heterocycles. The Kier molecular flexibility index (Phi) is 4.88. The number of fused-ring (bicyclic) bond motifs is 1. The molecule has 1 atom stereocenters. The third-order valence-electron chi connectivity index (χ3n) is 5.00. The second-order valence-electron chi connectivity index (χ2n) is 7.11. The largest absolute Gasteiger partial charge is 0.491 e. The predicted octanol–water partition coefficient (Wildman–Crippen LogP) is 3.14. The number of aliphatic hydroxyl groups excluding tert-OH is 1. The van der Waals surface area contributed by atoms with Crippen LogP contribution in [0.1, 0.15) is 44.7 Å². The molecule has 1 aliphatic rings. The lowest BCUT2D eigenvalue weighted by atomic mass is 10.0. The standard InChI is InChI=1S/C22H23N3O3/c1-14-11-15(2)24-20(14)22(27)25-9-10-28-19-7-6-16(12-17(19)13-25)21(26)18-5-3-4-8-23-18/h3-8,11-12,21,24,26H,9-10,13H2,1-2H3. The van der Waals surface area contributed by atoms with Crippen LogP contribution in [0.3, 0.4) is 0 Å². The number of pyridine rings is 1. The summed E-state index contributed by atoms with van der Waals surface area (Å²) in [7, 11) is 0. The van der Waals surface area contributed by atoms with Gasteiger partial charge in [-0.1, -0.05) is 12.1 Å². The van der Waals surface area contributed by atoms with E-state index in [1.165, 1.54) is 0 Å². The Labute approximate surface area is 163 Å². The summed E-state index contributed by atoms with van der Waals surface area (Å²) in [4.78, 5) is 22.2. The molecule has 0 radical (unpaired) electrons. The highest BCUT2D eigenvalue weighted by Crippen LogP contribution is 2.29. The number of amides is 1. The van der Waals surface area contributed by atoms with Crippen molar-refractivity contribution in [2.24, 2.45) is 0 Å². The number of carbonyl (C=O) groups excluding carboxylic acids is 1. The van der Waals surface area contributed by atoms with E-state index in [4.69, 9.17) is 4.74 Å². The number of aromatic nitrogens is 2. The number of nitrogens with one attached hydrogen (secondary N) is 1. The monoisotopic (exact) mass is 377 g/mol. The topological polar surface area (TPSA) is 78.5 Å². The molecule has 144 valence electrons. The molecule has 0 saturated heterocycles. The van der Waals surface area contributed by atoms with Gasteiger partial charge in [0.25, 0.3) is 5.91 Å². The van der Waals surface area contributed by atoms with Crippen LogP contribution in [0.2, 0.25) is 0 Å². The maximum Gasteiger partial charge on any atom is 0.270 e. The number of aromatic amines is 1. The van der Waals surface area contributed by atoms with Gasteiger partial charge in [0, 0.05) is 24.0 Å². The number of rotatable bonds is 3.